The molecule has 0 aliphatic heterocycles. The van der Waals surface area contributed by atoms with Crippen LogP contribution in [0.25, 0.3) is 11.1 Å². The minimum atomic E-state index is -0.687. The number of nitrogens with one attached hydrogen (secondary N) is 3. The van der Waals surface area contributed by atoms with E-state index in [1.807, 2.05) is 44.3 Å². The van der Waals surface area contributed by atoms with E-state index in [9.17, 15) is 19.2 Å². The van der Waals surface area contributed by atoms with E-state index in [1.54, 1.807) is 45.8 Å². The van der Waals surface area contributed by atoms with Gasteiger partial charge in [0.15, 0.2) is 0 Å². The van der Waals surface area contributed by atoms with Crippen LogP contribution in [0, 0.1) is 30.6 Å². The molecule has 2 aromatic carbocycles. The van der Waals surface area contributed by atoms with Gasteiger partial charge in [0.1, 0.15) is 11.5 Å². The SMILES string of the molecule is COc1cc(-c2cn(C)c(=O)c(C)c2C)cc(OC)c1CNCCCC1(NCc2cccc(CNC=O)c2CC/C(C#N)=C/C(C)(C)CF)CC1. The Morgan fingerprint density at radius 2 is 1.73 bits per heavy atom. The summed E-state index contributed by atoms with van der Waals surface area (Å²) in [6.45, 7) is 9.38. The number of rotatable bonds is 20. The summed E-state index contributed by atoms with van der Waals surface area (Å²) < 4.78 is 26.7. The second kappa shape index (κ2) is 17.7. The van der Waals surface area contributed by atoms with E-state index < -0.39 is 12.1 Å². The number of ether oxygens (including phenoxy) is 2. The van der Waals surface area contributed by atoms with E-state index in [0.717, 1.165) is 88.2 Å². The average Bonchev–Trinajstić information content (AvgIpc) is 3.91. The van der Waals surface area contributed by atoms with Gasteiger partial charge in [0.25, 0.3) is 5.56 Å². The predicted molar refractivity (Wildman–Crippen MR) is 201 cm³/mol. The molecule has 1 heterocycles. The van der Waals surface area contributed by atoms with Crippen molar-refractivity contribution in [1.29, 1.82) is 5.26 Å². The maximum Gasteiger partial charge on any atom is 0.253 e. The Morgan fingerprint density at radius 3 is 2.31 bits per heavy atom. The predicted octanol–water partition coefficient (Wildman–Crippen LogP) is 6.50. The largest absolute Gasteiger partial charge is 0.496 e. The van der Waals surface area contributed by atoms with Gasteiger partial charge in [-0.05, 0) is 98.9 Å². The van der Waals surface area contributed by atoms with Crippen molar-refractivity contribution >= 4 is 6.41 Å². The molecule has 1 saturated carbocycles. The Hall–Kier alpha value is -4.46. The zero-order chi connectivity index (χ0) is 37.2. The standard InChI is InChI=1S/C41H54FN5O4/c1-28-29(2)39(49)47(5)25-36(28)33-18-37(50-6)35(38(19-33)51-7)24-44-17-9-14-41(15-16-41)46-23-32-11-8-10-31(22-45-27-48)34(32)13-12-30(21-43)20-40(3,4)26-42/h8,10-11,18-20,25,27,44,46H,9,12-17,22-24,26H2,1-7H3,(H,45,48)/b30-20-. The van der Waals surface area contributed by atoms with Crippen LogP contribution in [0.5, 0.6) is 11.5 Å². The molecule has 274 valence electrons. The molecule has 0 saturated heterocycles. The van der Waals surface area contributed by atoms with Crippen molar-refractivity contribution in [2.24, 2.45) is 12.5 Å². The van der Waals surface area contributed by atoms with Crippen LogP contribution in [-0.2, 0) is 37.9 Å². The third kappa shape index (κ3) is 10.1. The van der Waals surface area contributed by atoms with Gasteiger partial charge in [-0.3, -0.25) is 14.0 Å². The van der Waals surface area contributed by atoms with Gasteiger partial charge >= 0.3 is 0 Å². The lowest BCUT2D eigenvalue weighted by molar-refractivity contribution is -0.109. The number of nitrogens with zero attached hydrogens (tertiary/aromatic N) is 2. The van der Waals surface area contributed by atoms with E-state index in [2.05, 4.69) is 28.1 Å². The van der Waals surface area contributed by atoms with Gasteiger partial charge < -0.3 is 30.0 Å². The van der Waals surface area contributed by atoms with E-state index in [4.69, 9.17) is 9.47 Å². The first kappa shape index (κ1) is 39.3. The quantitative estimate of drug-likeness (QED) is 0.0700. The summed E-state index contributed by atoms with van der Waals surface area (Å²) in [5.74, 6) is 1.46. The highest BCUT2D eigenvalue weighted by molar-refractivity contribution is 5.72. The van der Waals surface area contributed by atoms with Crippen LogP contribution in [0.3, 0.4) is 0 Å². The molecule has 0 radical (unpaired) electrons. The number of nitriles is 1. The molecule has 10 heteroatoms. The first-order valence-electron chi connectivity index (χ1n) is 17.7. The summed E-state index contributed by atoms with van der Waals surface area (Å²) in [6, 6.07) is 12.4. The molecule has 1 amide bonds. The van der Waals surface area contributed by atoms with Gasteiger partial charge in [-0.15, -0.1) is 0 Å². The number of methoxy groups -OCH3 is 2. The lowest BCUT2D eigenvalue weighted by Crippen LogP contribution is -2.32. The van der Waals surface area contributed by atoms with Crippen LogP contribution in [0.1, 0.15) is 79.3 Å². The van der Waals surface area contributed by atoms with Crippen LogP contribution >= 0.6 is 0 Å². The van der Waals surface area contributed by atoms with Crippen LogP contribution in [0.15, 0.2) is 53.0 Å². The van der Waals surface area contributed by atoms with Crippen LogP contribution < -0.4 is 31.0 Å². The smallest absolute Gasteiger partial charge is 0.253 e. The number of aromatic nitrogens is 1. The van der Waals surface area contributed by atoms with Gasteiger partial charge in [-0.2, -0.15) is 5.26 Å². The summed E-state index contributed by atoms with van der Waals surface area (Å²) in [5, 5.41) is 20.0. The number of benzene rings is 2. The Bertz CT molecular complexity index is 1790. The highest BCUT2D eigenvalue weighted by Gasteiger charge is 2.41. The first-order valence-corrected chi connectivity index (χ1v) is 17.7. The zero-order valence-corrected chi connectivity index (χ0v) is 31.3. The highest BCUT2D eigenvalue weighted by atomic mass is 19.1. The molecule has 1 aliphatic rings. The van der Waals surface area contributed by atoms with Crippen LogP contribution in [0.4, 0.5) is 4.39 Å². The number of halogens is 1. The molecule has 0 bridgehead atoms. The molecular formula is C41H54FN5O4. The summed E-state index contributed by atoms with van der Waals surface area (Å²) in [6.07, 6.45) is 9.68. The van der Waals surface area contributed by atoms with Crippen molar-refractivity contribution in [2.45, 2.75) is 91.4 Å². The van der Waals surface area contributed by atoms with Gasteiger partial charge in [0.2, 0.25) is 6.41 Å². The van der Waals surface area contributed by atoms with E-state index in [-0.39, 0.29) is 11.1 Å². The molecule has 9 nitrogen and oxygen atoms in total. The first-order chi connectivity index (χ1) is 24.4. The number of amides is 1. The minimum Gasteiger partial charge on any atom is -0.496 e. The van der Waals surface area contributed by atoms with Crippen molar-refractivity contribution in [3.8, 4) is 28.7 Å². The number of hydrogen-bond donors (Lipinski definition) is 3. The third-order valence-corrected chi connectivity index (χ3v) is 10.1. The van der Waals surface area contributed by atoms with Crippen molar-refractivity contribution in [3.05, 3.63) is 91.9 Å². The average molecular weight is 700 g/mol. The topological polar surface area (TPSA) is 117 Å². The zero-order valence-electron chi connectivity index (χ0n) is 31.3. The number of carbonyl (C=O) groups excluding carboxylic acids is 1. The van der Waals surface area contributed by atoms with Gasteiger partial charge in [0, 0.05) is 66.1 Å². The monoisotopic (exact) mass is 699 g/mol. The van der Waals surface area contributed by atoms with Crippen molar-refractivity contribution in [1.82, 2.24) is 20.5 Å². The van der Waals surface area contributed by atoms with Gasteiger partial charge in [-0.1, -0.05) is 38.1 Å². The molecule has 0 atom stereocenters. The molecule has 4 rings (SSSR count). The number of pyridine rings is 1. The lowest BCUT2D eigenvalue weighted by atomic mass is 9.89. The summed E-state index contributed by atoms with van der Waals surface area (Å²) >= 11 is 0. The van der Waals surface area contributed by atoms with Crippen molar-refractivity contribution in [2.75, 3.05) is 27.4 Å². The molecule has 1 aliphatic carbocycles. The fourth-order valence-corrected chi connectivity index (χ4v) is 6.72. The molecule has 3 N–H and O–H groups in total. The number of carbonyl (C=O) groups is 1. The molecule has 3 aromatic rings. The fourth-order valence-electron chi connectivity index (χ4n) is 6.72. The molecular weight excluding hydrogens is 645 g/mol. The molecule has 1 aromatic heterocycles. The third-order valence-electron chi connectivity index (χ3n) is 10.1. The second-order valence-corrected chi connectivity index (χ2v) is 14.4. The lowest BCUT2D eigenvalue weighted by Gasteiger charge is -2.21. The second-order valence-electron chi connectivity index (χ2n) is 14.4. The normalized spacial score (nSPS) is 13.8. The maximum absolute atomic E-state index is 13.5. The molecule has 51 heavy (non-hydrogen) atoms. The summed E-state index contributed by atoms with van der Waals surface area (Å²) in [4.78, 5) is 23.5. The fraction of sp³-hybridized carbons (Fsp3) is 0.488. The van der Waals surface area contributed by atoms with Crippen LogP contribution in [-0.4, -0.2) is 44.0 Å². The minimum absolute atomic E-state index is 0.00315. The van der Waals surface area contributed by atoms with Crippen molar-refractivity contribution < 1.29 is 18.7 Å². The maximum atomic E-state index is 13.5. The Balaban J connectivity index is 1.38. The number of allylic oxidation sites excluding steroid dienone is 2. The molecule has 0 spiro atoms. The van der Waals surface area contributed by atoms with Gasteiger partial charge in [-0.25, -0.2) is 0 Å². The van der Waals surface area contributed by atoms with E-state index >= 15 is 0 Å². The Kier molecular flexibility index (Phi) is 13.6. The van der Waals surface area contributed by atoms with Crippen LogP contribution in [0.2, 0.25) is 0 Å². The number of alkyl halides is 1. The molecule has 1 fully saturated rings. The number of hydrogen-bond acceptors (Lipinski definition) is 7. The number of aryl methyl sites for hydroxylation is 1. The molecule has 0 unspecified atom stereocenters. The summed E-state index contributed by atoms with van der Waals surface area (Å²) in [5.41, 5.74) is 7.76. The van der Waals surface area contributed by atoms with Gasteiger partial charge in [0.05, 0.1) is 27.0 Å². The van der Waals surface area contributed by atoms with E-state index in [1.165, 1.54) is 0 Å². The van der Waals surface area contributed by atoms with E-state index in [0.29, 0.717) is 44.5 Å². The Morgan fingerprint density at radius 1 is 1.06 bits per heavy atom. The highest BCUT2D eigenvalue weighted by Crippen LogP contribution is 2.40. The van der Waals surface area contributed by atoms with Crippen molar-refractivity contribution in [3.63, 3.8) is 0 Å². The summed E-state index contributed by atoms with van der Waals surface area (Å²) in [7, 11) is 5.09. The Labute approximate surface area is 302 Å².